The fourth-order valence-corrected chi connectivity index (χ4v) is 4.64. The van der Waals surface area contributed by atoms with Crippen molar-refractivity contribution in [2.45, 2.75) is 63.4 Å². The summed E-state index contributed by atoms with van der Waals surface area (Å²) >= 11 is 0. The molecule has 1 fully saturated rings. The fourth-order valence-electron chi connectivity index (χ4n) is 4.64. The van der Waals surface area contributed by atoms with Gasteiger partial charge in [-0.3, -0.25) is 24.5 Å². The maximum absolute atomic E-state index is 14.2. The van der Waals surface area contributed by atoms with Crippen molar-refractivity contribution in [2.24, 2.45) is 0 Å². The number of halogens is 2. The highest BCUT2D eigenvalue weighted by Gasteiger charge is 2.36. The summed E-state index contributed by atoms with van der Waals surface area (Å²) in [5, 5.41) is 16.0. The van der Waals surface area contributed by atoms with Crippen molar-refractivity contribution < 1.29 is 42.4 Å². The summed E-state index contributed by atoms with van der Waals surface area (Å²) in [5.74, 6) is -4.57. The number of nitrogens with one attached hydrogen (secondary N) is 2. The van der Waals surface area contributed by atoms with Crippen LogP contribution in [0.5, 0.6) is 0 Å². The van der Waals surface area contributed by atoms with E-state index in [1.807, 2.05) is 0 Å². The summed E-state index contributed by atoms with van der Waals surface area (Å²) in [5.41, 5.74) is 0.345. The SMILES string of the molecule is COC(=O)[C@H](Cc1ccc([N+](=O)[O-])cc1)NC(=O)[C@@H](NC(=O)C[C@@H]1CCC(=O)N1Cc1cccc(F)c1F)[C@@H](C)OC. The molecule has 0 unspecified atom stereocenters. The Kier molecular flexibility index (Phi) is 11.0. The van der Waals surface area contributed by atoms with Crippen molar-refractivity contribution in [3.05, 3.63) is 75.3 Å². The van der Waals surface area contributed by atoms with E-state index in [0.29, 0.717) is 12.0 Å². The number of nitrogens with zero attached hydrogens (tertiary/aromatic N) is 2. The molecule has 0 radical (unpaired) electrons. The average Bonchev–Trinajstić information content (AvgIpc) is 3.31. The number of hydrogen-bond acceptors (Lipinski definition) is 8. The van der Waals surface area contributed by atoms with Crippen LogP contribution in [0.15, 0.2) is 42.5 Å². The lowest BCUT2D eigenvalue weighted by molar-refractivity contribution is -0.384. The van der Waals surface area contributed by atoms with E-state index in [4.69, 9.17) is 9.47 Å². The number of nitro benzene ring substituents is 1. The second kappa shape index (κ2) is 14.4. The van der Waals surface area contributed by atoms with Crippen LogP contribution >= 0.6 is 0 Å². The minimum atomic E-state index is -1.25. The molecule has 14 heteroatoms. The van der Waals surface area contributed by atoms with Gasteiger partial charge in [0.1, 0.15) is 12.1 Å². The maximum Gasteiger partial charge on any atom is 0.328 e. The third-order valence-corrected chi connectivity index (χ3v) is 7.08. The molecule has 3 rings (SSSR count). The van der Waals surface area contributed by atoms with Gasteiger partial charge in [0, 0.05) is 56.7 Å². The predicted molar refractivity (Wildman–Crippen MR) is 144 cm³/mol. The molecule has 1 saturated heterocycles. The second-order valence-electron chi connectivity index (χ2n) is 9.83. The number of likely N-dealkylation sites (tertiary alicyclic amines) is 1. The second-order valence-corrected chi connectivity index (χ2v) is 9.83. The minimum absolute atomic E-state index is 0.0252. The zero-order chi connectivity index (χ0) is 31.0. The number of nitro groups is 1. The Morgan fingerprint density at radius 3 is 2.43 bits per heavy atom. The van der Waals surface area contributed by atoms with Crippen molar-refractivity contribution in [1.82, 2.24) is 15.5 Å². The van der Waals surface area contributed by atoms with E-state index in [-0.39, 0.29) is 43.0 Å². The molecule has 2 aromatic carbocycles. The molecule has 226 valence electrons. The van der Waals surface area contributed by atoms with Crippen molar-refractivity contribution in [3.63, 3.8) is 0 Å². The number of rotatable bonds is 13. The molecule has 4 atom stereocenters. The van der Waals surface area contributed by atoms with Gasteiger partial charge < -0.3 is 25.0 Å². The van der Waals surface area contributed by atoms with E-state index >= 15 is 0 Å². The summed E-state index contributed by atoms with van der Waals surface area (Å²) in [6.45, 7) is 1.31. The summed E-state index contributed by atoms with van der Waals surface area (Å²) in [6.07, 6.45) is -0.675. The quantitative estimate of drug-likeness (QED) is 0.204. The van der Waals surface area contributed by atoms with Crippen molar-refractivity contribution >= 4 is 29.4 Å². The Morgan fingerprint density at radius 1 is 1.12 bits per heavy atom. The van der Waals surface area contributed by atoms with Gasteiger partial charge in [-0.15, -0.1) is 0 Å². The zero-order valence-corrected chi connectivity index (χ0v) is 23.3. The zero-order valence-electron chi connectivity index (χ0n) is 23.3. The maximum atomic E-state index is 14.2. The number of amides is 3. The van der Waals surface area contributed by atoms with Crippen LogP contribution in [-0.4, -0.2) is 72.0 Å². The Balaban J connectivity index is 1.69. The van der Waals surface area contributed by atoms with Crippen LogP contribution in [0, 0.1) is 21.7 Å². The van der Waals surface area contributed by atoms with Crippen LogP contribution in [0.2, 0.25) is 0 Å². The summed E-state index contributed by atoms with van der Waals surface area (Å²) in [4.78, 5) is 62.9. The van der Waals surface area contributed by atoms with Crippen LogP contribution in [0.1, 0.15) is 37.3 Å². The lowest BCUT2D eigenvalue weighted by atomic mass is 10.0. The predicted octanol–water partition coefficient (Wildman–Crippen LogP) is 2.17. The first-order chi connectivity index (χ1) is 19.9. The third kappa shape index (κ3) is 8.06. The molecule has 0 saturated carbocycles. The number of non-ortho nitro benzene ring substituents is 1. The van der Waals surface area contributed by atoms with Crippen LogP contribution in [-0.2, 0) is 41.6 Å². The molecule has 3 amide bonds. The number of hydrogen-bond donors (Lipinski definition) is 2. The number of ether oxygens (including phenoxy) is 2. The largest absolute Gasteiger partial charge is 0.467 e. The van der Waals surface area contributed by atoms with Gasteiger partial charge in [-0.05, 0) is 25.0 Å². The van der Waals surface area contributed by atoms with Crippen LogP contribution in [0.25, 0.3) is 0 Å². The fraction of sp³-hybridized carbons (Fsp3) is 0.429. The van der Waals surface area contributed by atoms with Gasteiger partial charge in [-0.1, -0.05) is 24.3 Å². The Bertz CT molecular complexity index is 1320. The minimum Gasteiger partial charge on any atom is -0.467 e. The molecule has 0 aromatic heterocycles. The molecule has 1 heterocycles. The summed E-state index contributed by atoms with van der Waals surface area (Å²) in [7, 11) is 2.47. The van der Waals surface area contributed by atoms with E-state index in [1.54, 1.807) is 0 Å². The normalized spacial score (nSPS) is 16.8. The van der Waals surface area contributed by atoms with Gasteiger partial charge in [-0.2, -0.15) is 0 Å². The number of carbonyl (C=O) groups is 4. The molecule has 2 aromatic rings. The van der Waals surface area contributed by atoms with Crippen molar-refractivity contribution in [3.8, 4) is 0 Å². The molecule has 1 aliphatic heterocycles. The summed E-state index contributed by atoms with van der Waals surface area (Å²) in [6, 6.07) is 6.02. The topological polar surface area (TPSA) is 157 Å². The van der Waals surface area contributed by atoms with E-state index in [2.05, 4.69) is 10.6 Å². The first kappa shape index (κ1) is 32.1. The molecule has 0 aliphatic carbocycles. The molecular formula is C28H32F2N4O8. The van der Waals surface area contributed by atoms with E-state index in [9.17, 15) is 38.1 Å². The highest BCUT2D eigenvalue weighted by Crippen LogP contribution is 2.25. The van der Waals surface area contributed by atoms with Gasteiger partial charge >= 0.3 is 5.97 Å². The van der Waals surface area contributed by atoms with E-state index in [1.165, 1.54) is 55.3 Å². The number of esters is 1. The Labute approximate surface area is 240 Å². The van der Waals surface area contributed by atoms with Gasteiger partial charge in [-0.25, -0.2) is 13.6 Å². The molecular weight excluding hydrogens is 558 g/mol. The van der Waals surface area contributed by atoms with Crippen LogP contribution in [0.4, 0.5) is 14.5 Å². The number of carbonyl (C=O) groups excluding carboxylic acids is 4. The molecule has 42 heavy (non-hydrogen) atoms. The first-order valence-corrected chi connectivity index (χ1v) is 13.1. The van der Waals surface area contributed by atoms with Crippen molar-refractivity contribution in [1.29, 1.82) is 0 Å². The van der Waals surface area contributed by atoms with Crippen molar-refractivity contribution in [2.75, 3.05) is 14.2 Å². The molecule has 12 nitrogen and oxygen atoms in total. The first-order valence-electron chi connectivity index (χ1n) is 13.1. The monoisotopic (exact) mass is 590 g/mol. The lowest BCUT2D eigenvalue weighted by Crippen LogP contribution is -2.57. The molecule has 2 N–H and O–H groups in total. The average molecular weight is 591 g/mol. The standard InChI is InChI=1S/C28H32F2N4O8/c1-16(41-2)26(27(37)31-22(28(38)42-3)13-17-7-9-19(10-8-17)34(39)40)32-23(35)14-20-11-12-24(36)33(20)15-18-5-4-6-21(29)25(18)30/h4-10,16,20,22,26H,11-15H2,1-3H3,(H,31,37)(H,32,35)/t16-,20+,22+,26+/m1/s1. The van der Waals surface area contributed by atoms with Gasteiger partial charge in [0.05, 0.1) is 18.1 Å². The Morgan fingerprint density at radius 2 is 1.81 bits per heavy atom. The molecule has 0 bridgehead atoms. The van der Waals surface area contributed by atoms with Gasteiger partial charge in [0.2, 0.25) is 17.7 Å². The van der Waals surface area contributed by atoms with Gasteiger partial charge in [0.25, 0.3) is 5.69 Å². The third-order valence-electron chi connectivity index (χ3n) is 7.08. The number of benzene rings is 2. The highest BCUT2D eigenvalue weighted by atomic mass is 19.2. The number of methoxy groups -OCH3 is 2. The van der Waals surface area contributed by atoms with E-state index < -0.39 is 58.6 Å². The Hall–Kier alpha value is -4.46. The smallest absolute Gasteiger partial charge is 0.328 e. The molecule has 1 aliphatic rings. The van der Waals surface area contributed by atoms with Crippen LogP contribution in [0.3, 0.4) is 0 Å². The molecule has 0 spiro atoms. The van der Waals surface area contributed by atoms with Gasteiger partial charge in [0.15, 0.2) is 11.6 Å². The van der Waals surface area contributed by atoms with E-state index in [0.717, 1.165) is 13.2 Å². The highest BCUT2D eigenvalue weighted by molar-refractivity contribution is 5.91. The summed E-state index contributed by atoms with van der Waals surface area (Å²) < 4.78 is 38.0. The van der Waals surface area contributed by atoms with Crippen LogP contribution < -0.4 is 10.6 Å². The lowest BCUT2D eigenvalue weighted by Gasteiger charge is -2.28.